The molecule has 0 amide bonds. The van der Waals surface area contributed by atoms with Gasteiger partial charge in [-0.25, -0.2) is 0 Å². The number of hydrogen-bond acceptors (Lipinski definition) is 4. The molecule has 1 N–H and O–H groups in total. The van der Waals surface area contributed by atoms with Gasteiger partial charge in [0.2, 0.25) is 0 Å². The number of nitrogens with zero attached hydrogens (tertiary/aromatic N) is 2. The fourth-order valence-electron chi connectivity index (χ4n) is 3.99. The van der Waals surface area contributed by atoms with Crippen molar-refractivity contribution < 1.29 is 4.74 Å². The van der Waals surface area contributed by atoms with Gasteiger partial charge in [0.1, 0.15) is 0 Å². The Labute approximate surface area is 117 Å². The molecular formula is C15H29N3O. The molecule has 110 valence electrons. The summed E-state index contributed by atoms with van der Waals surface area (Å²) in [5.74, 6) is 0. The molecule has 2 aliphatic heterocycles. The minimum absolute atomic E-state index is 0.435. The van der Waals surface area contributed by atoms with E-state index in [4.69, 9.17) is 4.74 Å². The van der Waals surface area contributed by atoms with Gasteiger partial charge in [0.05, 0.1) is 6.10 Å². The Morgan fingerprint density at radius 3 is 2.47 bits per heavy atom. The van der Waals surface area contributed by atoms with E-state index in [1.165, 1.54) is 64.8 Å². The normalized spacial score (nSPS) is 35.2. The fourth-order valence-corrected chi connectivity index (χ4v) is 3.99. The molecule has 0 spiro atoms. The van der Waals surface area contributed by atoms with Gasteiger partial charge >= 0.3 is 0 Å². The van der Waals surface area contributed by atoms with E-state index in [0.29, 0.717) is 12.1 Å². The smallest absolute Gasteiger partial charge is 0.0711 e. The van der Waals surface area contributed by atoms with Gasteiger partial charge in [-0.05, 0) is 19.3 Å². The van der Waals surface area contributed by atoms with Crippen LogP contribution in [0.1, 0.15) is 32.1 Å². The molecule has 4 heteroatoms. The second kappa shape index (κ2) is 6.53. The maximum Gasteiger partial charge on any atom is 0.0711 e. The SMILES string of the molecule is COC1CNC(CN2CCN(C3CCCC3)CC2)C1. The molecule has 4 nitrogen and oxygen atoms in total. The molecule has 2 atom stereocenters. The Balaban J connectivity index is 1.38. The maximum atomic E-state index is 5.43. The summed E-state index contributed by atoms with van der Waals surface area (Å²) in [6.45, 7) is 7.32. The first-order valence-electron chi connectivity index (χ1n) is 8.08. The Morgan fingerprint density at radius 1 is 1.11 bits per heavy atom. The minimum atomic E-state index is 0.435. The summed E-state index contributed by atoms with van der Waals surface area (Å²) in [5.41, 5.74) is 0. The molecule has 3 rings (SSSR count). The van der Waals surface area contributed by atoms with Crippen molar-refractivity contribution in [1.82, 2.24) is 15.1 Å². The average Bonchev–Trinajstić information content (AvgIpc) is 3.10. The molecule has 0 radical (unpaired) electrons. The van der Waals surface area contributed by atoms with Crippen LogP contribution in [0.15, 0.2) is 0 Å². The Hall–Kier alpha value is -0.160. The van der Waals surface area contributed by atoms with Gasteiger partial charge in [-0.2, -0.15) is 0 Å². The monoisotopic (exact) mass is 267 g/mol. The molecule has 2 unspecified atom stereocenters. The molecule has 0 aromatic carbocycles. The Morgan fingerprint density at radius 2 is 1.84 bits per heavy atom. The van der Waals surface area contributed by atoms with E-state index in [0.717, 1.165) is 12.6 Å². The molecule has 1 aliphatic carbocycles. The topological polar surface area (TPSA) is 27.7 Å². The van der Waals surface area contributed by atoms with E-state index in [2.05, 4.69) is 15.1 Å². The summed E-state index contributed by atoms with van der Waals surface area (Å²) in [4.78, 5) is 5.38. The standard InChI is InChI=1S/C15H29N3O/c1-19-15-10-13(16-11-15)12-17-6-8-18(9-7-17)14-4-2-3-5-14/h13-16H,2-12H2,1H3. The molecule has 0 aromatic rings. The molecule has 19 heavy (non-hydrogen) atoms. The first-order chi connectivity index (χ1) is 9.35. The van der Waals surface area contributed by atoms with E-state index in [9.17, 15) is 0 Å². The maximum absolute atomic E-state index is 5.43. The molecule has 2 heterocycles. The molecule has 3 aliphatic rings. The number of rotatable bonds is 4. The highest BCUT2D eigenvalue weighted by atomic mass is 16.5. The van der Waals surface area contributed by atoms with E-state index in [1.54, 1.807) is 0 Å². The number of methoxy groups -OCH3 is 1. The highest BCUT2D eigenvalue weighted by Crippen LogP contribution is 2.24. The van der Waals surface area contributed by atoms with Crippen LogP contribution >= 0.6 is 0 Å². The number of piperazine rings is 1. The lowest BCUT2D eigenvalue weighted by atomic mass is 10.1. The van der Waals surface area contributed by atoms with Crippen LogP contribution in [0.3, 0.4) is 0 Å². The van der Waals surface area contributed by atoms with Crippen molar-refractivity contribution in [1.29, 1.82) is 0 Å². The average molecular weight is 267 g/mol. The molecule has 0 aromatic heterocycles. The van der Waals surface area contributed by atoms with Crippen LogP contribution in [0.5, 0.6) is 0 Å². The third kappa shape index (κ3) is 3.48. The summed E-state index contributed by atoms with van der Waals surface area (Å²) in [6.07, 6.45) is 7.41. The van der Waals surface area contributed by atoms with Crippen molar-refractivity contribution in [3.8, 4) is 0 Å². The highest BCUT2D eigenvalue weighted by Gasteiger charge is 2.29. The van der Waals surface area contributed by atoms with Crippen LogP contribution in [0.25, 0.3) is 0 Å². The van der Waals surface area contributed by atoms with Crippen LogP contribution in [-0.2, 0) is 4.74 Å². The van der Waals surface area contributed by atoms with Crippen molar-refractivity contribution in [3.05, 3.63) is 0 Å². The number of hydrogen-bond donors (Lipinski definition) is 1. The van der Waals surface area contributed by atoms with Crippen LogP contribution in [0.4, 0.5) is 0 Å². The zero-order chi connectivity index (χ0) is 13.1. The predicted octanol–water partition coefficient (Wildman–Crippen LogP) is 0.924. The Bertz CT molecular complexity index is 273. The summed E-state index contributed by atoms with van der Waals surface area (Å²) in [7, 11) is 1.83. The van der Waals surface area contributed by atoms with E-state index in [1.807, 2.05) is 7.11 Å². The lowest BCUT2D eigenvalue weighted by Gasteiger charge is -2.38. The zero-order valence-electron chi connectivity index (χ0n) is 12.3. The molecule has 2 saturated heterocycles. The first-order valence-corrected chi connectivity index (χ1v) is 8.08. The lowest BCUT2D eigenvalue weighted by Crippen LogP contribution is -2.52. The zero-order valence-corrected chi connectivity index (χ0v) is 12.3. The van der Waals surface area contributed by atoms with Crippen molar-refractivity contribution in [2.45, 2.75) is 50.3 Å². The second-order valence-corrected chi connectivity index (χ2v) is 6.47. The third-order valence-electron chi connectivity index (χ3n) is 5.24. The summed E-state index contributed by atoms with van der Waals surface area (Å²) in [6, 6.07) is 1.55. The van der Waals surface area contributed by atoms with E-state index in [-0.39, 0.29) is 0 Å². The summed E-state index contributed by atoms with van der Waals surface area (Å²) >= 11 is 0. The molecular weight excluding hydrogens is 238 g/mol. The van der Waals surface area contributed by atoms with Gasteiger partial charge < -0.3 is 10.1 Å². The fraction of sp³-hybridized carbons (Fsp3) is 1.00. The Kier molecular flexibility index (Phi) is 4.74. The van der Waals surface area contributed by atoms with Crippen molar-refractivity contribution in [2.24, 2.45) is 0 Å². The van der Waals surface area contributed by atoms with Crippen LogP contribution in [0, 0.1) is 0 Å². The second-order valence-electron chi connectivity index (χ2n) is 6.47. The minimum Gasteiger partial charge on any atom is -0.380 e. The molecule has 0 bridgehead atoms. The third-order valence-corrected chi connectivity index (χ3v) is 5.24. The van der Waals surface area contributed by atoms with Crippen molar-refractivity contribution in [2.75, 3.05) is 46.4 Å². The van der Waals surface area contributed by atoms with Crippen LogP contribution in [0.2, 0.25) is 0 Å². The quantitative estimate of drug-likeness (QED) is 0.820. The summed E-state index contributed by atoms with van der Waals surface area (Å²) < 4.78 is 5.43. The lowest BCUT2D eigenvalue weighted by molar-refractivity contribution is 0.0884. The number of ether oxygens (including phenoxy) is 1. The van der Waals surface area contributed by atoms with Gasteiger partial charge in [0.15, 0.2) is 0 Å². The highest BCUT2D eigenvalue weighted by molar-refractivity contribution is 4.87. The van der Waals surface area contributed by atoms with Gasteiger partial charge in [0, 0.05) is 58.5 Å². The molecule has 1 saturated carbocycles. The van der Waals surface area contributed by atoms with E-state index < -0.39 is 0 Å². The molecule has 3 fully saturated rings. The van der Waals surface area contributed by atoms with Crippen molar-refractivity contribution in [3.63, 3.8) is 0 Å². The first kappa shape index (κ1) is 13.8. The largest absolute Gasteiger partial charge is 0.380 e. The van der Waals surface area contributed by atoms with Crippen molar-refractivity contribution >= 4 is 0 Å². The van der Waals surface area contributed by atoms with Crippen LogP contribution < -0.4 is 5.32 Å². The van der Waals surface area contributed by atoms with Gasteiger partial charge in [-0.1, -0.05) is 12.8 Å². The van der Waals surface area contributed by atoms with Crippen LogP contribution in [-0.4, -0.2) is 74.4 Å². The van der Waals surface area contributed by atoms with Gasteiger partial charge in [-0.15, -0.1) is 0 Å². The van der Waals surface area contributed by atoms with Gasteiger partial charge in [0.25, 0.3) is 0 Å². The predicted molar refractivity (Wildman–Crippen MR) is 77.5 cm³/mol. The number of nitrogens with one attached hydrogen (secondary N) is 1. The van der Waals surface area contributed by atoms with E-state index >= 15 is 0 Å². The van der Waals surface area contributed by atoms with Gasteiger partial charge in [-0.3, -0.25) is 9.80 Å². The summed E-state index contributed by atoms with van der Waals surface area (Å²) in [5, 5.41) is 3.59.